The van der Waals surface area contributed by atoms with E-state index >= 15 is 0 Å². The van der Waals surface area contributed by atoms with E-state index in [1.54, 1.807) is 6.34 Å². The summed E-state index contributed by atoms with van der Waals surface area (Å²) in [6, 6.07) is 7.63. The molecule has 1 aliphatic rings. The number of nitrogens with one attached hydrogen (secondary N) is 1. The van der Waals surface area contributed by atoms with Gasteiger partial charge in [-0.3, -0.25) is 0 Å². The maximum Gasteiger partial charge on any atom is 0.0891 e. The third-order valence-electron chi connectivity index (χ3n) is 1.74. The molecule has 1 aromatic carbocycles. The SMILES string of the molecule is Clc1cccc(C2=C[CH]NC=N2)c1. The van der Waals surface area contributed by atoms with E-state index in [-0.39, 0.29) is 0 Å². The zero-order valence-corrected chi connectivity index (χ0v) is 7.62. The van der Waals surface area contributed by atoms with Gasteiger partial charge >= 0.3 is 0 Å². The average Bonchev–Trinajstić information content (AvgIpc) is 2.19. The number of aliphatic imine (C=N–C) groups is 1. The number of rotatable bonds is 1. The zero-order valence-electron chi connectivity index (χ0n) is 6.87. The Labute approximate surface area is 81.9 Å². The highest BCUT2D eigenvalue weighted by atomic mass is 35.5. The minimum atomic E-state index is 0.729. The first-order valence-corrected chi connectivity index (χ1v) is 4.32. The molecule has 0 atom stereocenters. The van der Waals surface area contributed by atoms with Crippen LogP contribution in [-0.2, 0) is 0 Å². The third kappa shape index (κ3) is 1.90. The van der Waals surface area contributed by atoms with Gasteiger partial charge in [0.1, 0.15) is 0 Å². The monoisotopic (exact) mass is 191 g/mol. The minimum absolute atomic E-state index is 0.729. The van der Waals surface area contributed by atoms with Crippen LogP contribution in [0.4, 0.5) is 0 Å². The lowest BCUT2D eigenvalue weighted by atomic mass is 10.1. The molecule has 1 heterocycles. The summed E-state index contributed by atoms with van der Waals surface area (Å²) in [6.07, 6.45) is 3.56. The van der Waals surface area contributed by atoms with Crippen molar-refractivity contribution < 1.29 is 0 Å². The summed E-state index contributed by atoms with van der Waals surface area (Å²) in [6.45, 7) is 1.84. The average molecular weight is 192 g/mol. The molecule has 0 spiro atoms. The number of hydrogen-bond donors (Lipinski definition) is 1. The van der Waals surface area contributed by atoms with E-state index in [1.165, 1.54) is 0 Å². The van der Waals surface area contributed by atoms with Gasteiger partial charge in [-0.15, -0.1) is 0 Å². The van der Waals surface area contributed by atoms with E-state index in [9.17, 15) is 0 Å². The van der Waals surface area contributed by atoms with Gasteiger partial charge in [-0.1, -0.05) is 23.7 Å². The van der Waals surface area contributed by atoms with Crippen molar-refractivity contribution in [3.63, 3.8) is 0 Å². The quantitative estimate of drug-likeness (QED) is 0.725. The first kappa shape index (κ1) is 8.32. The molecule has 0 bridgehead atoms. The van der Waals surface area contributed by atoms with Gasteiger partial charge in [-0.25, -0.2) is 4.99 Å². The largest absolute Gasteiger partial charge is 0.367 e. The van der Waals surface area contributed by atoms with Crippen molar-refractivity contribution in [3.8, 4) is 0 Å². The Morgan fingerprint density at radius 2 is 2.23 bits per heavy atom. The summed E-state index contributed by atoms with van der Waals surface area (Å²) in [4.78, 5) is 4.18. The molecular weight excluding hydrogens is 184 g/mol. The first-order chi connectivity index (χ1) is 6.36. The van der Waals surface area contributed by atoms with Gasteiger partial charge in [0.05, 0.1) is 18.6 Å². The lowest BCUT2D eigenvalue weighted by molar-refractivity contribution is 1.18. The number of nitrogens with zero attached hydrogens (tertiary/aromatic N) is 1. The van der Waals surface area contributed by atoms with E-state index in [4.69, 9.17) is 11.6 Å². The second-order valence-corrected chi connectivity index (χ2v) is 3.09. The molecule has 1 aromatic rings. The Balaban J connectivity index is 2.35. The summed E-state index contributed by atoms with van der Waals surface area (Å²) in [7, 11) is 0. The summed E-state index contributed by atoms with van der Waals surface area (Å²) >= 11 is 5.86. The Morgan fingerprint density at radius 1 is 1.31 bits per heavy atom. The minimum Gasteiger partial charge on any atom is -0.367 e. The van der Waals surface area contributed by atoms with Crippen LogP contribution in [0.3, 0.4) is 0 Å². The fourth-order valence-electron chi connectivity index (χ4n) is 1.14. The lowest BCUT2D eigenvalue weighted by Crippen LogP contribution is -2.08. The van der Waals surface area contributed by atoms with Crippen molar-refractivity contribution in [1.82, 2.24) is 5.32 Å². The zero-order chi connectivity index (χ0) is 9.10. The van der Waals surface area contributed by atoms with Gasteiger partial charge in [-0.05, 0) is 18.2 Å². The van der Waals surface area contributed by atoms with Crippen molar-refractivity contribution in [3.05, 3.63) is 47.5 Å². The highest BCUT2D eigenvalue weighted by Crippen LogP contribution is 2.20. The highest BCUT2D eigenvalue weighted by molar-refractivity contribution is 6.30. The van der Waals surface area contributed by atoms with Crippen molar-refractivity contribution in [1.29, 1.82) is 0 Å². The molecule has 2 nitrogen and oxygen atoms in total. The molecule has 0 saturated carbocycles. The number of hydrogen-bond acceptors (Lipinski definition) is 2. The number of halogens is 1. The molecule has 0 aliphatic carbocycles. The Bertz CT molecular complexity index is 369. The standard InChI is InChI=1S/C10H8ClN2/c11-9-3-1-2-8(6-9)10-4-5-12-7-13-10/h1-7H,(H,12,13). The Hall–Kier alpha value is -1.28. The van der Waals surface area contributed by atoms with E-state index in [0.29, 0.717) is 0 Å². The van der Waals surface area contributed by atoms with Gasteiger partial charge in [-0.2, -0.15) is 0 Å². The molecule has 0 unspecified atom stereocenters. The van der Waals surface area contributed by atoms with E-state index < -0.39 is 0 Å². The van der Waals surface area contributed by atoms with Crippen LogP contribution in [-0.4, -0.2) is 6.34 Å². The van der Waals surface area contributed by atoms with Gasteiger partial charge < -0.3 is 5.32 Å². The molecule has 1 N–H and O–H groups in total. The topological polar surface area (TPSA) is 24.4 Å². The second kappa shape index (κ2) is 3.62. The van der Waals surface area contributed by atoms with Crippen LogP contribution in [0, 0.1) is 6.54 Å². The molecule has 0 amide bonds. The lowest BCUT2D eigenvalue weighted by Gasteiger charge is -2.07. The molecule has 0 fully saturated rings. The predicted octanol–water partition coefficient (Wildman–Crippen LogP) is 2.47. The van der Waals surface area contributed by atoms with Crippen molar-refractivity contribution in [2.75, 3.05) is 0 Å². The summed E-state index contributed by atoms with van der Waals surface area (Å²) in [5.74, 6) is 0. The van der Waals surface area contributed by atoms with Crippen LogP contribution in [0.25, 0.3) is 5.70 Å². The molecule has 2 rings (SSSR count). The van der Waals surface area contributed by atoms with Gasteiger partial charge in [0.15, 0.2) is 0 Å². The van der Waals surface area contributed by atoms with Crippen LogP contribution in [0.15, 0.2) is 35.3 Å². The van der Waals surface area contributed by atoms with Gasteiger partial charge in [0.25, 0.3) is 0 Å². The maximum atomic E-state index is 5.86. The summed E-state index contributed by atoms with van der Waals surface area (Å²) in [5, 5.41) is 3.60. The number of benzene rings is 1. The van der Waals surface area contributed by atoms with Crippen LogP contribution >= 0.6 is 11.6 Å². The molecule has 13 heavy (non-hydrogen) atoms. The smallest absolute Gasteiger partial charge is 0.0891 e. The summed E-state index contributed by atoms with van der Waals surface area (Å²) in [5.41, 5.74) is 1.95. The fraction of sp³-hybridized carbons (Fsp3) is 0. The molecule has 1 aliphatic heterocycles. The molecule has 0 aromatic heterocycles. The normalized spacial score (nSPS) is 15.0. The fourth-order valence-corrected chi connectivity index (χ4v) is 1.33. The van der Waals surface area contributed by atoms with Crippen LogP contribution < -0.4 is 5.32 Å². The molecule has 0 saturated heterocycles. The summed E-state index contributed by atoms with van der Waals surface area (Å²) < 4.78 is 0. The van der Waals surface area contributed by atoms with Crippen molar-refractivity contribution in [2.45, 2.75) is 0 Å². The van der Waals surface area contributed by atoms with Gasteiger partial charge in [0, 0.05) is 10.6 Å². The third-order valence-corrected chi connectivity index (χ3v) is 1.97. The second-order valence-electron chi connectivity index (χ2n) is 2.65. The van der Waals surface area contributed by atoms with E-state index in [1.807, 2.05) is 36.9 Å². The van der Waals surface area contributed by atoms with Crippen LogP contribution in [0.1, 0.15) is 5.56 Å². The van der Waals surface area contributed by atoms with Crippen molar-refractivity contribution in [2.24, 2.45) is 4.99 Å². The van der Waals surface area contributed by atoms with Gasteiger partial charge in [0.2, 0.25) is 0 Å². The van der Waals surface area contributed by atoms with Crippen molar-refractivity contribution >= 4 is 23.6 Å². The molecule has 3 heteroatoms. The maximum absolute atomic E-state index is 5.86. The van der Waals surface area contributed by atoms with Crippen LogP contribution in [0.5, 0.6) is 0 Å². The molecule has 65 valence electrons. The predicted molar refractivity (Wildman–Crippen MR) is 55.4 cm³/mol. The van der Waals surface area contributed by atoms with E-state index in [0.717, 1.165) is 16.3 Å². The Morgan fingerprint density at radius 3 is 2.92 bits per heavy atom. The molecule has 1 radical (unpaired) electrons. The van der Waals surface area contributed by atoms with E-state index in [2.05, 4.69) is 10.3 Å². The first-order valence-electron chi connectivity index (χ1n) is 3.94. The van der Waals surface area contributed by atoms with Crippen LogP contribution in [0.2, 0.25) is 5.02 Å². The molecular formula is C10H8ClN2. The Kier molecular flexibility index (Phi) is 2.32. The highest BCUT2D eigenvalue weighted by Gasteiger charge is 2.01.